The maximum Gasteiger partial charge on any atom is 0.252 e. The third-order valence-electron chi connectivity index (χ3n) is 5.35. The number of aromatic nitrogens is 1. The molecule has 1 fully saturated rings. The molecule has 1 saturated carbocycles. The van der Waals surface area contributed by atoms with Crippen LogP contribution in [0.3, 0.4) is 0 Å². The van der Waals surface area contributed by atoms with Crippen LogP contribution in [0, 0.1) is 11.2 Å². The van der Waals surface area contributed by atoms with Crippen LogP contribution in [0.4, 0.5) is 16.0 Å². The predicted molar refractivity (Wildman–Crippen MR) is 117 cm³/mol. The second-order valence-electron chi connectivity index (χ2n) is 7.33. The van der Waals surface area contributed by atoms with E-state index < -0.39 is 11.7 Å². The van der Waals surface area contributed by atoms with Crippen molar-refractivity contribution in [1.82, 2.24) is 15.6 Å². The number of likely N-dealkylation sites (N-methyl/N-ethyl adjacent to an activating group) is 1. The Labute approximate surface area is 175 Å². The molecule has 0 aromatic carbocycles. The first-order valence-corrected chi connectivity index (χ1v) is 10.0. The Morgan fingerprint density at radius 1 is 1.27 bits per heavy atom. The molecule has 3 rings (SSSR count). The SMILES string of the molecule is CN/C=C1\C(=N)C=CC=C1Nc1nc(N[C@@H]2CCCC[C@@H]2NC)c(F)cc1C(N)=O. The van der Waals surface area contributed by atoms with E-state index in [0.717, 1.165) is 31.7 Å². The minimum atomic E-state index is -0.789. The predicted octanol–water partition coefficient (Wildman–Crippen LogP) is 2.25. The van der Waals surface area contributed by atoms with E-state index in [1.54, 1.807) is 31.5 Å². The summed E-state index contributed by atoms with van der Waals surface area (Å²) in [5.41, 5.74) is 6.83. The molecule has 0 saturated heterocycles. The number of primary amides is 1. The summed E-state index contributed by atoms with van der Waals surface area (Å²) in [6.07, 6.45) is 10.9. The van der Waals surface area contributed by atoms with Crippen LogP contribution in [0.5, 0.6) is 0 Å². The Morgan fingerprint density at radius 2 is 2.00 bits per heavy atom. The molecule has 8 nitrogen and oxygen atoms in total. The van der Waals surface area contributed by atoms with Gasteiger partial charge in [0.15, 0.2) is 11.6 Å². The highest BCUT2D eigenvalue weighted by molar-refractivity contribution is 6.11. The molecule has 160 valence electrons. The normalized spacial score (nSPS) is 22.6. The van der Waals surface area contributed by atoms with Gasteiger partial charge in [-0.25, -0.2) is 9.37 Å². The molecule has 0 unspecified atom stereocenters. The number of anilines is 2. The molecule has 9 heteroatoms. The van der Waals surface area contributed by atoms with E-state index in [-0.39, 0.29) is 35.0 Å². The lowest BCUT2D eigenvalue weighted by molar-refractivity contribution is 0.100. The maximum absolute atomic E-state index is 14.8. The second kappa shape index (κ2) is 9.53. The fourth-order valence-electron chi connectivity index (χ4n) is 3.80. The highest BCUT2D eigenvalue weighted by Crippen LogP contribution is 2.27. The van der Waals surface area contributed by atoms with Crippen LogP contribution in [0.2, 0.25) is 0 Å². The Balaban J connectivity index is 1.95. The zero-order valence-corrected chi connectivity index (χ0v) is 17.2. The van der Waals surface area contributed by atoms with Crippen LogP contribution in [0.1, 0.15) is 36.0 Å². The van der Waals surface area contributed by atoms with Crippen molar-refractivity contribution in [2.45, 2.75) is 37.8 Å². The first kappa shape index (κ1) is 21.5. The van der Waals surface area contributed by atoms with Gasteiger partial charge in [0.05, 0.1) is 17.0 Å². The summed E-state index contributed by atoms with van der Waals surface area (Å²) in [6.45, 7) is 0. The standard InChI is InChI=1S/C21H28FN7O/c1-25-11-13-15(23)6-5-9-16(13)27-20-12(19(24)30)10-14(22)21(29-20)28-18-8-4-3-7-17(18)26-2/h5-6,9-11,17-18,23,25-26H,3-4,7-8H2,1-2H3,(H2,24,30)(H2,27,28,29)/b13-11+,23-15?/t17-,18+/m0/s1. The number of hydrogen-bond acceptors (Lipinski definition) is 7. The summed E-state index contributed by atoms with van der Waals surface area (Å²) in [7, 11) is 3.62. The Morgan fingerprint density at radius 3 is 2.67 bits per heavy atom. The number of nitrogens with two attached hydrogens (primary N) is 1. The van der Waals surface area contributed by atoms with Gasteiger partial charge < -0.3 is 32.4 Å². The largest absolute Gasteiger partial charge is 0.393 e. The summed E-state index contributed by atoms with van der Waals surface area (Å²) in [5.74, 6) is -1.22. The summed E-state index contributed by atoms with van der Waals surface area (Å²) in [5, 5.41) is 20.5. The first-order valence-electron chi connectivity index (χ1n) is 10.0. The number of nitrogens with zero attached hydrogens (tertiary/aromatic N) is 1. The summed E-state index contributed by atoms with van der Waals surface area (Å²) in [6, 6.07) is 1.34. The number of allylic oxidation sites excluding steroid dienone is 4. The zero-order chi connectivity index (χ0) is 21.7. The second-order valence-corrected chi connectivity index (χ2v) is 7.33. The number of halogens is 1. The van der Waals surface area contributed by atoms with Crippen LogP contribution in [0.25, 0.3) is 0 Å². The molecule has 0 bridgehead atoms. The van der Waals surface area contributed by atoms with Gasteiger partial charge >= 0.3 is 0 Å². The molecule has 2 atom stereocenters. The monoisotopic (exact) mass is 413 g/mol. The average Bonchev–Trinajstić information content (AvgIpc) is 2.73. The van der Waals surface area contributed by atoms with Crippen LogP contribution < -0.4 is 27.0 Å². The number of carbonyl (C=O) groups is 1. The van der Waals surface area contributed by atoms with Crippen LogP contribution in [-0.2, 0) is 0 Å². The number of amides is 1. The molecular formula is C21H28FN7O. The highest BCUT2D eigenvalue weighted by atomic mass is 19.1. The first-order chi connectivity index (χ1) is 14.4. The molecule has 1 aromatic rings. The van der Waals surface area contributed by atoms with Gasteiger partial charge in [-0.3, -0.25) is 4.79 Å². The number of rotatable bonds is 7. The fraction of sp³-hybridized carbons (Fsp3) is 0.381. The van der Waals surface area contributed by atoms with Crippen molar-refractivity contribution >= 4 is 23.3 Å². The Bertz CT molecular complexity index is 922. The van der Waals surface area contributed by atoms with E-state index in [0.29, 0.717) is 11.3 Å². The third-order valence-corrected chi connectivity index (χ3v) is 5.35. The van der Waals surface area contributed by atoms with Crippen molar-refractivity contribution in [3.05, 3.63) is 53.1 Å². The van der Waals surface area contributed by atoms with Crippen LogP contribution in [0.15, 0.2) is 41.8 Å². The molecule has 0 aliphatic heterocycles. The smallest absolute Gasteiger partial charge is 0.252 e. The summed E-state index contributed by atoms with van der Waals surface area (Å²) in [4.78, 5) is 16.3. The van der Waals surface area contributed by atoms with Crippen LogP contribution in [-0.4, -0.2) is 42.8 Å². The average molecular weight is 414 g/mol. The highest BCUT2D eigenvalue weighted by Gasteiger charge is 2.26. The van der Waals surface area contributed by atoms with E-state index in [1.807, 2.05) is 7.05 Å². The van der Waals surface area contributed by atoms with Crippen molar-refractivity contribution in [2.24, 2.45) is 5.73 Å². The van der Waals surface area contributed by atoms with Gasteiger partial charge in [-0.2, -0.15) is 0 Å². The van der Waals surface area contributed by atoms with E-state index in [4.69, 9.17) is 11.1 Å². The molecule has 30 heavy (non-hydrogen) atoms. The van der Waals surface area contributed by atoms with E-state index in [1.165, 1.54) is 0 Å². The summed E-state index contributed by atoms with van der Waals surface area (Å²) < 4.78 is 14.8. The van der Waals surface area contributed by atoms with Gasteiger partial charge in [0.1, 0.15) is 5.82 Å². The Kier molecular flexibility index (Phi) is 6.83. The molecule has 0 spiro atoms. The topological polar surface area (TPSA) is 128 Å². The van der Waals surface area contributed by atoms with E-state index in [2.05, 4.69) is 26.3 Å². The molecule has 2 aliphatic rings. The van der Waals surface area contributed by atoms with Crippen molar-refractivity contribution in [2.75, 3.05) is 24.7 Å². The quantitative estimate of drug-likeness (QED) is 0.407. The van der Waals surface area contributed by atoms with Crippen molar-refractivity contribution in [3.63, 3.8) is 0 Å². The summed E-state index contributed by atoms with van der Waals surface area (Å²) >= 11 is 0. The molecule has 1 aromatic heterocycles. The van der Waals surface area contributed by atoms with E-state index >= 15 is 0 Å². The molecular weight excluding hydrogens is 385 g/mol. The van der Waals surface area contributed by atoms with Crippen LogP contribution >= 0.6 is 0 Å². The van der Waals surface area contributed by atoms with Crippen molar-refractivity contribution < 1.29 is 9.18 Å². The minimum Gasteiger partial charge on any atom is -0.393 e. The molecule has 2 aliphatic carbocycles. The number of nitrogens with one attached hydrogen (secondary N) is 5. The lowest BCUT2D eigenvalue weighted by atomic mass is 9.90. The lowest BCUT2D eigenvalue weighted by Crippen LogP contribution is -2.45. The molecule has 1 amide bonds. The lowest BCUT2D eigenvalue weighted by Gasteiger charge is -2.32. The number of hydrogen-bond donors (Lipinski definition) is 6. The van der Waals surface area contributed by atoms with Crippen molar-refractivity contribution in [3.8, 4) is 0 Å². The minimum absolute atomic E-state index is 0.0304. The van der Waals surface area contributed by atoms with Gasteiger partial charge in [-0.1, -0.05) is 18.9 Å². The third kappa shape index (κ3) is 4.68. The fourth-order valence-corrected chi connectivity index (χ4v) is 3.80. The number of carbonyl (C=O) groups excluding carboxylic acids is 1. The maximum atomic E-state index is 14.8. The van der Waals surface area contributed by atoms with Gasteiger partial charge in [0.25, 0.3) is 5.91 Å². The molecule has 7 N–H and O–H groups in total. The van der Waals surface area contributed by atoms with Gasteiger partial charge in [-0.15, -0.1) is 0 Å². The Hall–Kier alpha value is -3.20. The van der Waals surface area contributed by atoms with Gasteiger partial charge in [0, 0.05) is 30.9 Å². The molecule has 1 heterocycles. The van der Waals surface area contributed by atoms with Gasteiger partial charge in [-0.05, 0) is 38.1 Å². The van der Waals surface area contributed by atoms with Crippen molar-refractivity contribution in [1.29, 1.82) is 5.41 Å². The van der Waals surface area contributed by atoms with E-state index in [9.17, 15) is 9.18 Å². The van der Waals surface area contributed by atoms with Gasteiger partial charge in [0.2, 0.25) is 0 Å². The molecule has 0 radical (unpaired) electrons. The number of pyridine rings is 1. The zero-order valence-electron chi connectivity index (χ0n) is 17.2.